The lowest BCUT2D eigenvalue weighted by molar-refractivity contribution is 0.157. The zero-order valence-electron chi connectivity index (χ0n) is 12.3. The Bertz CT molecular complexity index is 319. The molecule has 2 aliphatic rings. The van der Waals surface area contributed by atoms with Crippen LogP contribution in [0.2, 0.25) is 0 Å². The van der Waals surface area contributed by atoms with Crippen LogP contribution in [0.4, 0.5) is 0 Å². The van der Waals surface area contributed by atoms with Crippen LogP contribution in [0.1, 0.15) is 59.3 Å². The average Bonchev–Trinajstić information content (AvgIpc) is 2.75. The molecule has 1 aliphatic carbocycles. The number of likely N-dealkylation sites (tertiary alicyclic amines) is 1. The molecule has 1 N–H and O–H groups in total. The van der Waals surface area contributed by atoms with Gasteiger partial charge in [-0.2, -0.15) is 0 Å². The zero-order valence-corrected chi connectivity index (χ0v) is 12.3. The topological polar surface area (TPSA) is 23.5 Å². The van der Waals surface area contributed by atoms with E-state index in [0.717, 1.165) is 6.54 Å². The second-order valence-corrected chi connectivity index (χ2v) is 6.76. The highest BCUT2D eigenvalue weighted by molar-refractivity contribution is 5.22. The first-order chi connectivity index (χ1) is 8.54. The van der Waals surface area contributed by atoms with Crippen molar-refractivity contribution >= 4 is 0 Å². The second kappa shape index (κ2) is 5.75. The summed E-state index contributed by atoms with van der Waals surface area (Å²) in [6, 6.07) is 0.428. The quantitative estimate of drug-likeness (QED) is 0.774. The van der Waals surface area contributed by atoms with Gasteiger partial charge in [-0.15, -0.1) is 0 Å². The molecule has 1 heterocycles. The summed E-state index contributed by atoms with van der Waals surface area (Å²) in [6.07, 6.45) is 7.62. The van der Waals surface area contributed by atoms with Gasteiger partial charge in [0.1, 0.15) is 0 Å². The predicted octanol–water partition coefficient (Wildman–Crippen LogP) is 3.36. The van der Waals surface area contributed by atoms with E-state index in [9.17, 15) is 5.11 Å². The highest BCUT2D eigenvalue weighted by atomic mass is 16.3. The van der Waals surface area contributed by atoms with Gasteiger partial charge >= 0.3 is 0 Å². The Morgan fingerprint density at radius 2 is 2.11 bits per heavy atom. The van der Waals surface area contributed by atoms with Gasteiger partial charge in [0.05, 0.1) is 6.61 Å². The Hall–Kier alpha value is -0.340. The first-order valence-electron chi connectivity index (χ1n) is 7.58. The van der Waals surface area contributed by atoms with Crippen molar-refractivity contribution in [2.75, 3.05) is 19.7 Å². The van der Waals surface area contributed by atoms with Gasteiger partial charge in [0, 0.05) is 12.6 Å². The van der Waals surface area contributed by atoms with Crippen LogP contribution in [0.25, 0.3) is 0 Å². The average molecular weight is 251 g/mol. The van der Waals surface area contributed by atoms with Gasteiger partial charge in [-0.1, -0.05) is 25.0 Å². The fourth-order valence-electron chi connectivity index (χ4n) is 3.88. The van der Waals surface area contributed by atoms with Crippen molar-refractivity contribution in [3.05, 3.63) is 11.1 Å². The molecule has 1 unspecified atom stereocenters. The van der Waals surface area contributed by atoms with Crippen molar-refractivity contribution in [1.29, 1.82) is 0 Å². The van der Waals surface area contributed by atoms with Crippen LogP contribution in [0.3, 0.4) is 0 Å². The summed E-state index contributed by atoms with van der Waals surface area (Å²) >= 11 is 0. The van der Waals surface area contributed by atoms with Crippen LogP contribution in [-0.4, -0.2) is 35.7 Å². The molecule has 1 saturated heterocycles. The third-order valence-electron chi connectivity index (χ3n) is 5.04. The molecule has 0 amide bonds. The maximum Gasteiger partial charge on any atom is 0.0586 e. The number of hydrogen-bond donors (Lipinski definition) is 1. The molecule has 0 radical (unpaired) electrons. The van der Waals surface area contributed by atoms with Crippen LogP contribution in [0.15, 0.2) is 11.1 Å². The molecule has 0 spiro atoms. The van der Waals surface area contributed by atoms with Gasteiger partial charge in [0.25, 0.3) is 0 Å². The third kappa shape index (κ3) is 2.97. The van der Waals surface area contributed by atoms with E-state index < -0.39 is 0 Å². The van der Waals surface area contributed by atoms with E-state index in [2.05, 4.69) is 25.7 Å². The van der Waals surface area contributed by atoms with Crippen molar-refractivity contribution < 1.29 is 5.11 Å². The normalized spacial score (nSPS) is 29.0. The van der Waals surface area contributed by atoms with E-state index in [-0.39, 0.29) is 0 Å². The lowest BCUT2D eigenvalue weighted by Crippen LogP contribution is -2.34. The van der Waals surface area contributed by atoms with Gasteiger partial charge in [0.2, 0.25) is 0 Å². The van der Waals surface area contributed by atoms with E-state index in [1.54, 1.807) is 11.1 Å². The molecule has 18 heavy (non-hydrogen) atoms. The summed E-state index contributed by atoms with van der Waals surface area (Å²) in [5.41, 5.74) is 3.72. The molecular weight excluding hydrogens is 222 g/mol. The molecule has 2 rings (SSSR count). The molecule has 0 aromatic heterocycles. The summed E-state index contributed by atoms with van der Waals surface area (Å²) in [7, 11) is 0. The molecule has 2 nitrogen and oxygen atoms in total. The summed E-state index contributed by atoms with van der Waals surface area (Å²) in [4.78, 5) is 2.49. The first kappa shape index (κ1) is 14.1. The maximum atomic E-state index is 9.37. The van der Waals surface area contributed by atoms with Crippen LogP contribution in [0, 0.1) is 5.41 Å². The second-order valence-electron chi connectivity index (χ2n) is 6.76. The smallest absolute Gasteiger partial charge is 0.0586 e. The van der Waals surface area contributed by atoms with E-state index in [4.69, 9.17) is 0 Å². The van der Waals surface area contributed by atoms with Gasteiger partial charge in [-0.25, -0.2) is 0 Å². The Morgan fingerprint density at radius 3 is 2.78 bits per heavy atom. The molecule has 1 aliphatic heterocycles. The highest BCUT2D eigenvalue weighted by Gasteiger charge is 2.30. The fourth-order valence-corrected chi connectivity index (χ4v) is 3.88. The van der Waals surface area contributed by atoms with Crippen molar-refractivity contribution in [2.24, 2.45) is 5.41 Å². The molecule has 0 saturated carbocycles. The Balaban J connectivity index is 1.96. The van der Waals surface area contributed by atoms with Crippen LogP contribution in [-0.2, 0) is 0 Å². The van der Waals surface area contributed by atoms with E-state index in [1.165, 1.54) is 45.1 Å². The van der Waals surface area contributed by atoms with Crippen molar-refractivity contribution in [3.8, 4) is 0 Å². The molecule has 104 valence electrons. The number of aliphatic hydroxyl groups is 1. The Morgan fingerprint density at radius 1 is 1.33 bits per heavy atom. The highest BCUT2D eigenvalue weighted by Crippen LogP contribution is 2.41. The molecule has 0 bridgehead atoms. The van der Waals surface area contributed by atoms with Crippen molar-refractivity contribution in [3.63, 3.8) is 0 Å². The minimum Gasteiger partial charge on any atom is -0.395 e. The lowest BCUT2D eigenvalue weighted by Gasteiger charge is -2.36. The molecule has 1 atom stereocenters. The Kier molecular flexibility index (Phi) is 4.50. The summed E-state index contributed by atoms with van der Waals surface area (Å²) in [6.45, 7) is 9.78. The minimum atomic E-state index is 0.335. The van der Waals surface area contributed by atoms with Crippen LogP contribution in [0.5, 0.6) is 0 Å². The number of aliphatic hydroxyl groups excluding tert-OH is 1. The predicted molar refractivity (Wildman–Crippen MR) is 76.6 cm³/mol. The van der Waals surface area contributed by atoms with Gasteiger partial charge < -0.3 is 5.11 Å². The molecule has 1 fully saturated rings. The summed E-state index contributed by atoms with van der Waals surface area (Å²) in [5, 5.41) is 9.37. The van der Waals surface area contributed by atoms with E-state index in [1.807, 2.05) is 0 Å². The lowest BCUT2D eigenvalue weighted by atomic mass is 9.71. The standard InChI is InChI=1S/C16H29NO/c1-13-6-4-9-16(2,3)15(13)8-11-17-10-5-7-14(17)12-18/h14,18H,4-12H2,1-3H3. The van der Waals surface area contributed by atoms with Crippen molar-refractivity contribution in [1.82, 2.24) is 4.90 Å². The molecular formula is C16H29NO. The van der Waals surface area contributed by atoms with Crippen LogP contribution >= 0.6 is 0 Å². The SMILES string of the molecule is CC1=C(CCN2CCCC2CO)C(C)(C)CCC1. The molecule has 2 heteroatoms. The van der Waals surface area contributed by atoms with Gasteiger partial charge in [0.15, 0.2) is 0 Å². The van der Waals surface area contributed by atoms with Gasteiger partial charge in [-0.3, -0.25) is 4.90 Å². The number of hydrogen-bond acceptors (Lipinski definition) is 2. The van der Waals surface area contributed by atoms with Crippen LogP contribution < -0.4 is 0 Å². The number of nitrogens with zero attached hydrogens (tertiary/aromatic N) is 1. The zero-order chi connectivity index (χ0) is 13.2. The first-order valence-corrected chi connectivity index (χ1v) is 7.58. The minimum absolute atomic E-state index is 0.335. The monoisotopic (exact) mass is 251 g/mol. The van der Waals surface area contributed by atoms with E-state index >= 15 is 0 Å². The number of allylic oxidation sites excluding steroid dienone is 1. The number of rotatable bonds is 4. The fraction of sp³-hybridized carbons (Fsp3) is 0.875. The van der Waals surface area contributed by atoms with E-state index in [0.29, 0.717) is 18.1 Å². The third-order valence-corrected chi connectivity index (χ3v) is 5.04. The maximum absolute atomic E-state index is 9.37. The summed E-state index contributed by atoms with van der Waals surface area (Å²) in [5.74, 6) is 0. The largest absolute Gasteiger partial charge is 0.395 e. The summed E-state index contributed by atoms with van der Waals surface area (Å²) < 4.78 is 0. The molecule has 0 aromatic rings. The Labute approximate surface area is 112 Å². The van der Waals surface area contributed by atoms with Crippen molar-refractivity contribution in [2.45, 2.75) is 65.3 Å². The molecule has 0 aromatic carbocycles. The van der Waals surface area contributed by atoms with Gasteiger partial charge in [-0.05, 0) is 57.4 Å².